The van der Waals surface area contributed by atoms with Crippen molar-refractivity contribution in [2.45, 2.75) is 64.9 Å². The molecule has 1 aliphatic carbocycles. The molecule has 1 fully saturated rings. The first kappa shape index (κ1) is 31.9. The summed E-state index contributed by atoms with van der Waals surface area (Å²) in [6, 6.07) is 7.23. The third-order valence-corrected chi connectivity index (χ3v) is 8.42. The van der Waals surface area contributed by atoms with Crippen LogP contribution >= 0.6 is 0 Å². The maximum Gasteiger partial charge on any atom is 0.327 e. The first-order valence-electron chi connectivity index (χ1n) is 15.4. The van der Waals surface area contributed by atoms with Gasteiger partial charge in [0.2, 0.25) is 17.8 Å². The molecule has 3 heterocycles. The Kier molecular flexibility index (Phi) is 9.96. The molecule has 1 atom stereocenters. The van der Waals surface area contributed by atoms with Crippen molar-refractivity contribution >= 4 is 35.9 Å². The minimum Gasteiger partial charge on any atom is -0.442 e. The Morgan fingerprint density at radius 2 is 1.82 bits per heavy atom. The average Bonchev–Trinajstić information content (AvgIpc) is 3.41. The van der Waals surface area contributed by atoms with Crippen molar-refractivity contribution in [1.82, 2.24) is 24.4 Å². The molecule has 45 heavy (non-hydrogen) atoms. The summed E-state index contributed by atoms with van der Waals surface area (Å²) in [5, 5.41) is 4.54. The number of imidazole rings is 1. The van der Waals surface area contributed by atoms with Crippen LogP contribution in [0.5, 0.6) is 0 Å². The predicted molar refractivity (Wildman–Crippen MR) is 169 cm³/mol. The van der Waals surface area contributed by atoms with Crippen molar-refractivity contribution in [1.29, 1.82) is 0 Å². The van der Waals surface area contributed by atoms with Crippen molar-refractivity contribution in [3.05, 3.63) is 69.0 Å². The number of carbonyl (C=O) groups is 2. The van der Waals surface area contributed by atoms with E-state index in [0.717, 1.165) is 61.0 Å². The maximum absolute atomic E-state index is 13.6. The summed E-state index contributed by atoms with van der Waals surface area (Å²) in [5.74, 6) is -0.192. The van der Waals surface area contributed by atoms with Crippen LogP contribution in [-0.2, 0) is 27.6 Å². The lowest BCUT2D eigenvalue weighted by Gasteiger charge is -2.38. The van der Waals surface area contributed by atoms with Gasteiger partial charge in [0, 0.05) is 38.4 Å². The predicted octanol–water partition coefficient (Wildman–Crippen LogP) is 0.687. The number of piperidine rings is 1. The van der Waals surface area contributed by atoms with Crippen molar-refractivity contribution < 1.29 is 18.7 Å². The Balaban J connectivity index is 1.25. The lowest BCUT2D eigenvalue weighted by Crippen LogP contribution is -2.46. The van der Waals surface area contributed by atoms with Crippen LogP contribution in [0.4, 0.5) is 16.3 Å². The van der Waals surface area contributed by atoms with Gasteiger partial charge in [-0.2, -0.15) is 0 Å². The molecule has 1 unspecified atom stereocenters. The molecule has 1 aliphatic heterocycles. The zero-order chi connectivity index (χ0) is 32.1. The van der Waals surface area contributed by atoms with Gasteiger partial charge in [-0.05, 0) is 49.3 Å². The van der Waals surface area contributed by atoms with Crippen molar-refractivity contribution in [2.24, 2.45) is 11.7 Å². The fourth-order valence-electron chi connectivity index (χ4n) is 5.66. The fraction of sp³-hybridized carbons (Fsp3) is 0.469. The van der Waals surface area contributed by atoms with E-state index in [0.29, 0.717) is 12.5 Å². The molecule has 2 aromatic heterocycles. The molecule has 0 spiro atoms. The van der Waals surface area contributed by atoms with Crippen LogP contribution in [0.1, 0.15) is 45.1 Å². The second kappa shape index (κ2) is 14.1. The molecule has 3 N–H and O–H groups in total. The minimum absolute atomic E-state index is 0.0718. The molecule has 1 saturated heterocycles. The highest BCUT2D eigenvalue weighted by molar-refractivity contribution is 5.85. The minimum atomic E-state index is -0.734. The second-order valence-electron chi connectivity index (χ2n) is 11.9. The van der Waals surface area contributed by atoms with Crippen LogP contribution < -0.4 is 37.1 Å². The summed E-state index contributed by atoms with van der Waals surface area (Å²) in [5.41, 5.74) is 6.46. The van der Waals surface area contributed by atoms with Gasteiger partial charge in [0.25, 0.3) is 5.56 Å². The molecule has 13 heteroatoms. The number of hydrogen-bond donors (Lipinski definition) is 2. The van der Waals surface area contributed by atoms with Crippen LogP contribution in [-0.4, -0.2) is 69.7 Å². The molecule has 2 aliphatic rings. The summed E-state index contributed by atoms with van der Waals surface area (Å²) in [6.45, 7) is 5.00. The third kappa shape index (κ3) is 7.42. The van der Waals surface area contributed by atoms with Crippen LogP contribution in [0.25, 0.3) is 12.2 Å². The average molecular weight is 621 g/mol. The number of hydrogen-bond acceptors (Lipinski definition) is 9. The monoisotopic (exact) mass is 620 g/mol. The van der Waals surface area contributed by atoms with Gasteiger partial charge in [-0.1, -0.05) is 38.1 Å². The number of rotatable bonds is 11. The molecule has 0 radical (unpaired) electrons. The Bertz CT molecular complexity index is 1690. The largest absolute Gasteiger partial charge is 0.442 e. The molecule has 1 aromatic carbocycles. The second-order valence-corrected chi connectivity index (χ2v) is 11.9. The van der Waals surface area contributed by atoms with Gasteiger partial charge < -0.3 is 30.2 Å². The van der Waals surface area contributed by atoms with E-state index in [1.807, 2.05) is 25.8 Å². The number of nitrogens with one attached hydrogen (secondary N) is 1. The number of amides is 1. The van der Waals surface area contributed by atoms with E-state index in [1.54, 1.807) is 12.1 Å². The molecule has 1 amide bonds. The number of benzene rings is 1. The molecular formula is C32H41FN8O4. The summed E-state index contributed by atoms with van der Waals surface area (Å²) >= 11 is 0. The SMILES string of the molecule is CC(C)C(N)C(=O)NCC(=O)OCn1c(N(C)C2CCN(c3nc4c(n3Cc3ccc(F)cc3)=CCCC=4)CC2)nccc1=O. The summed E-state index contributed by atoms with van der Waals surface area (Å²) in [6.07, 6.45) is 9.30. The van der Waals surface area contributed by atoms with E-state index in [9.17, 15) is 18.8 Å². The molecule has 3 aromatic rings. The highest BCUT2D eigenvalue weighted by Crippen LogP contribution is 2.23. The van der Waals surface area contributed by atoms with Gasteiger partial charge in [0.05, 0.1) is 23.3 Å². The van der Waals surface area contributed by atoms with Gasteiger partial charge in [-0.15, -0.1) is 0 Å². The number of anilines is 2. The smallest absolute Gasteiger partial charge is 0.327 e. The zero-order valence-corrected chi connectivity index (χ0v) is 26.0. The van der Waals surface area contributed by atoms with Crippen molar-refractivity contribution in [3.63, 3.8) is 0 Å². The lowest BCUT2D eigenvalue weighted by molar-refractivity contribution is -0.147. The van der Waals surface area contributed by atoms with Crippen molar-refractivity contribution in [3.8, 4) is 0 Å². The molecule has 0 bridgehead atoms. The van der Waals surface area contributed by atoms with E-state index in [4.69, 9.17) is 15.5 Å². The van der Waals surface area contributed by atoms with Gasteiger partial charge in [-0.25, -0.2) is 18.9 Å². The lowest BCUT2D eigenvalue weighted by atomic mass is 10.0. The number of nitrogens with zero attached hydrogens (tertiary/aromatic N) is 6. The highest BCUT2D eigenvalue weighted by atomic mass is 19.1. The first-order valence-corrected chi connectivity index (χ1v) is 15.4. The van der Waals surface area contributed by atoms with Gasteiger partial charge >= 0.3 is 5.97 Å². The van der Waals surface area contributed by atoms with Gasteiger partial charge in [0.15, 0.2) is 6.73 Å². The number of carbonyl (C=O) groups excluding carboxylic acids is 2. The Morgan fingerprint density at radius 1 is 1.11 bits per heavy atom. The molecule has 0 saturated carbocycles. The molecule has 240 valence electrons. The fourth-order valence-corrected chi connectivity index (χ4v) is 5.66. The molecular weight excluding hydrogens is 579 g/mol. The van der Waals surface area contributed by atoms with E-state index < -0.39 is 17.9 Å². The normalized spacial score (nSPS) is 15.6. The summed E-state index contributed by atoms with van der Waals surface area (Å²) in [4.78, 5) is 50.9. The highest BCUT2D eigenvalue weighted by Gasteiger charge is 2.28. The van der Waals surface area contributed by atoms with Crippen molar-refractivity contribution in [2.75, 3.05) is 36.5 Å². The number of nitrogens with two attached hydrogens (primary N) is 1. The Hall–Kier alpha value is -4.52. The Morgan fingerprint density at radius 3 is 2.53 bits per heavy atom. The molecule has 12 nitrogen and oxygen atoms in total. The topological polar surface area (TPSA) is 141 Å². The third-order valence-electron chi connectivity index (χ3n) is 8.42. The van der Waals surface area contributed by atoms with E-state index in [2.05, 4.69) is 31.9 Å². The van der Waals surface area contributed by atoms with Gasteiger partial charge in [0.1, 0.15) is 12.4 Å². The Labute approximate surface area is 261 Å². The number of halogens is 1. The first-order chi connectivity index (χ1) is 21.6. The number of aromatic nitrogens is 4. The van der Waals surface area contributed by atoms with Crippen LogP contribution in [0.3, 0.4) is 0 Å². The number of ether oxygens (including phenoxy) is 1. The standard InChI is InChI=1S/C32H41FN8O4/c1-21(2)29(34)30(44)36-18-28(43)45-20-41-27(42)12-15-35-31(41)38(3)24-13-16-39(17-14-24)32-37-25-6-4-5-7-26(25)40(32)19-22-8-10-23(33)11-9-22/h6-12,15,21,24,29H,4-5,13-14,16-20,34H2,1-3H3,(H,36,44). The van der Waals surface area contributed by atoms with Crippen LogP contribution in [0.2, 0.25) is 0 Å². The van der Waals surface area contributed by atoms with E-state index >= 15 is 0 Å². The molecule has 5 rings (SSSR count). The maximum atomic E-state index is 13.6. The number of esters is 1. The quantitative estimate of drug-likeness (QED) is 0.296. The van der Waals surface area contributed by atoms with Crippen LogP contribution in [0, 0.1) is 11.7 Å². The van der Waals surface area contributed by atoms with Gasteiger partial charge in [-0.3, -0.25) is 14.4 Å². The van der Waals surface area contributed by atoms with Crippen LogP contribution in [0.15, 0.2) is 41.3 Å². The van der Waals surface area contributed by atoms with E-state index in [1.165, 1.54) is 29.0 Å². The zero-order valence-electron chi connectivity index (χ0n) is 26.0. The number of fused-ring (bicyclic) bond motifs is 1. The summed E-state index contributed by atoms with van der Waals surface area (Å²) in [7, 11) is 1.88. The van der Waals surface area contributed by atoms with E-state index in [-0.39, 0.29) is 36.6 Å². The summed E-state index contributed by atoms with van der Waals surface area (Å²) < 4.78 is 22.4.